The van der Waals surface area contributed by atoms with Crippen LogP contribution >= 0.6 is 0 Å². The summed E-state index contributed by atoms with van der Waals surface area (Å²) in [5.74, 6) is 1.90. The van der Waals surface area contributed by atoms with Crippen molar-refractivity contribution in [2.45, 2.75) is 0 Å². The third kappa shape index (κ3) is 2.58. The number of hydrogen-bond donors (Lipinski definition) is 1. The second-order valence-electron chi connectivity index (χ2n) is 4.53. The predicted molar refractivity (Wildman–Crippen MR) is 80.9 cm³/mol. The minimum absolute atomic E-state index is 0.276. The summed E-state index contributed by atoms with van der Waals surface area (Å²) in [5.41, 5.74) is 0.981. The van der Waals surface area contributed by atoms with E-state index in [9.17, 15) is 4.79 Å². The topological polar surface area (TPSA) is 73.1 Å². The van der Waals surface area contributed by atoms with Crippen LogP contribution in [0.1, 0.15) is 11.3 Å². The van der Waals surface area contributed by atoms with Crippen LogP contribution in [0.15, 0.2) is 51.7 Å². The first-order valence-electron chi connectivity index (χ1n) is 6.59. The molecule has 1 aliphatic rings. The van der Waals surface area contributed by atoms with Crippen molar-refractivity contribution in [1.29, 1.82) is 0 Å². The second kappa shape index (κ2) is 5.77. The molecular formula is C16H14N2O4. The van der Waals surface area contributed by atoms with E-state index < -0.39 is 0 Å². The number of nitrogens with zero attached hydrogens (tertiary/aromatic N) is 1. The number of benzene rings is 1. The van der Waals surface area contributed by atoms with E-state index >= 15 is 0 Å². The Morgan fingerprint density at radius 3 is 2.77 bits per heavy atom. The fourth-order valence-corrected chi connectivity index (χ4v) is 2.10. The van der Waals surface area contributed by atoms with E-state index in [-0.39, 0.29) is 11.6 Å². The number of furan rings is 1. The molecule has 1 N–H and O–H groups in total. The highest BCUT2D eigenvalue weighted by Crippen LogP contribution is 2.27. The maximum absolute atomic E-state index is 12.0. The average molecular weight is 298 g/mol. The van der Waals surface area contributed by atoms with Gasteiger partial charge >= 0.3 is 0 Å². The molecule has 22 heavy (non-hydrogen) atoms. The lowest BCUT2D eigenvalue weighted by Gasteiger charge is -2.07. The van der Waals surface area contributed by atoms with Crippen LogP contribution in [-0.2, 0) is 4.79 Å². The minimum Gasteiger partial charge on any atom is -0.497 e. The highest BCUT2D eigenvalue weighted by molar-refractivity contribution is 6.19. The molecule has 2 heterocycles. The van der Waals surface area contributed by atoms with Gasteiger partial charge in [0.1, 0.15) is 17.2 Å². The van der Waals surface area contributed by atoms with Crippen LogP contribution in [0.5, 0.6) is 11.5 Å². The van der Waals surface area contributed by atoms with E-state index in [1.807, 2.05) is 0 Å². The first kappa shape index (κ1) is 13.9. The predicted octanol–water partition coefficient (Wildman–Crippen LogP) is 2.21. The molecule has 0 unspecified atom stereocenters. The van der Waals surface area contributed by atoms with E-state index in [2.05, 4.69) is 10.3 Å². The molecule has 0 spiro atoms. The molecule has 1 aromatic heterocycles. The van der Waals surface area contributed by atoms with Crippen LogP contribution in [0, 0.1) is 0 Å². The number of methoxy groups -OCH3 is 2. The summed E-state index contributed by atoms with van der Waals surface area (Å²) in [6, 6.07) is 8.80. The smallest absolute Gasteiger partial charge is 0.275 e. The first-order valence-corrected chi connectivity index (χ1v) is 6.59. The number of hydrogen-bond acceptors (Lipinski definition) is 5. The van der Waals surface area contributed by atoms with Crippen molar-refractivity contribution in [3.63, 3.8) is 0 Å². The summed E-state index contributed by atoms with van der Waals surface area (Å²) in [4.78, 5) is 16.3. The zero-order valence-corrected chi connectivity index (χ0v) is 12.1. The fraction of sp³-hybridized carbons (Fsp3) is 0.125. The van der Waals surface area contributed by atoms with Gasteiger partial charge in [0.25, 0.3) is 5.91 Å². The van der Waals surface area contributed by atoms with E-state index in [1.165, 1.54) is 6.26 Å². The van der Waals surface area contributed by atoms with Gasteiger partial charge in [-0.3, -0.25) is 4.79 Å². The molecular weight excluding hydrogens is 284 g/mol. The molecule has 2 aromatic rings. The average Bonchev–Trinajstić information content (AvgIpc) is 3.17. The molecule has 1 aromatic carbocycles. The van der Waals surface area contributed by atoms with Gasteiger partial charge in [-0.25, -0.2) is 4.99 Å². The Balaban J connectivity index is 1.99. The highest BCUT2D eigenvalue weighted by Gasteiger charge is 2.23. The number of amidine groups is 1. The van der Waals surface area contributed by atoms with Gasteiger partial charge in [-0.1, -0.05) is 0 Å². The molecule has 0 aliphatic carbocycles. The molecule has 0 saturated carbocycles. The monoisotopic (exact) mass is 298 g/mol. The molecule has 3 rings (SSSR count). The Morgan fingerprint density at radius 2 is 2.09 bits per heavy atom. The third-order valence-electron chi connectivity index (χ3n) is 3.18. The number of rotatable bonds is 4. The van der Waals surface area contributed by atoms with Crippen LogP contribution < -0.4 is 14.8 Å². The Hall–Kier alpha value is -3.02. The zero-order valence-electron chi connectivity index (χ0n) is 12.1. The van der Waals surface area contributed by atoms with Crippen molar-refractivity contribution in [2.75, 3.05) is 14.2 Å². The van der Waals surface area contributed by atoms with Gasteiger partial charge in [0.2, 0.25) is 0 Å². The van der Waals surface area contributed by atoms with Gasteiger partial charge in [0.15, 0.2) is 11.6 Å². The summed E-state index contributed by atoms with van der Waals surface area (Å²) in [5, 5.41) is 2.67. The number of carbonyl (C=O) groups is 1. The molecule has 1 aliphatic heterocycles. The molecule has 0 saturated heterocycles. The molecule has 0 fully saturated rings. The van der Waals surface area contributed by atoms with Crippen molar-refractivity contribution in [2.24, 2.45) is 4.99 Å². The van der Waals surface area contributed by atoms with Crippen LogP contribution in [0.25, 0.3) is 6.08 Å². The van der Waals surface area contributed by atoms with Gasteiger partial charge in [-0.05, 0) is 36.4 Å². The second-order valence-corrected chi connectivity index (χ2v) is 4.53. The Morgan fingerprint density at radius 1 is 1.23 bits per heavy atom. The molecule has 0 radical (unpaired) electrons. The van der Waals surface area contributed by atoms with E-state index in [0.717, 1.165) is 0 Å². The molecule has 0 atom stereocenters. The van der Waals surface area contributed by atoms with Gasteiger partial charge in [-0.15, -0.1) is 0 Å². The number of aliphatic imine (C=N–C) groups is 1. The van der Waals surface area contributed by atoms with Gasteiger partial charge in [0.05, 0.1) is 20.5 Å². The highest BCUT2D eigenvalue weighted by atomic mass is 16.5. The standard InChI is InChI=1S/C16H14N2O4/c1-20-11-5-6-13(21-2)10(8-11)9-12-16(19)18-15(17-12)14-4-3-7-22-14/h3-9H,1-2H3,(H,17,18,19)/b12-9+. The van der Waals surface area contributed by atoms with Gasteiger partial charge < -0.3 is 19.2 Å². The lowest BCUT2D eigenvalue weighted by Crippen LogP contribution is -2.24. The van der Waals surface area contributed by atoms with Crippen LogP contribution in [0.2, 0.25) is 0 Å². The summed E-state index contributed by atoms with van der Waals surface area (Å²) in [7, 11) is 3.14. The fourth-order valence-electron chi connectivity index (χ4n) is 2.10. The SMILES string of the molecule is COc1ccc(OC)c(/C=C2/N=C(c3ccco3)NC2=O)c1. The Labute approximate surface area is 127 Å². The van der Waals surface area contributed by atoms with Crippen molar-refractivity contribution in [3.8, 4) is 11.5 Å². The quantitative estimate of drug-likeness (QED) is 0.878. The van der Waals surface area contributed by atoms with E-state index in [4.69, 9.17) is 13.9 Å². The molecule has 6 heteroatoms. The third-order valence-corrected chi connectivity index (χ3v) is 3.18. The Kier molecular flexibility index (Phi) is 3.65. The first-order chi connectivity index (χ1) is 10.7. The maximum atomic E-state index is 12.0. The molecule has 6 nitrogen and oxygen atoms in total. The number of carbonyl (C=O) groups excluding carboxylic acids is 1. The lowest BCUT2D eigenvalue weighted by molar-refractivity contribution is -0.115. The van der Waals surface area contributed by atoms with Crippen LogP contribution in [0.3, 0.4) is 0 Å². The summed E-state index contributed by atoms with van der Waals surface area (Å²) >= 11 is 0. The molecule has 1 amide bonds. The normalized spacial score (nSPS) is 15.6. The van der Waals surface area contributed by atoms with Gasteiger partial charge in [0, 0.05) is 5.56 Å². The number of nitrogens with one attached hydrogen (secondary N) is 1. The van der Waals surface area contributed by atoms with E-state index in [0.29, 0.717) is 28.7 Å². The van der Waals surface area contributed by atoms with Crippen molar-refractivity contribution >= 4 is 17.8 Å². The molecule has 0 bridgehead atoms. The Bertz CT molecular complexity index is 760. The summed E-state index contributed by atoms with van der Waals surface area (Å²) in [6.45, 7) is 0. The zero-order chi connectivity index (χ0) is 15.5. The van der Waals surface area contributed by atoms with Crippen molar-refractivity contribution in [3.05, 3.63) is 53.6 Å². The number of amides is 1. The van der Waals surface area contributed by atoms with Crippen molar-refractivity contribution in [1.82, 2.24) is 5.32 Å². The molecule has 112 valence electrons. The lowest BCUT2D eigenvalue weighted by atomic mass is 10.1. The summed E-state index contributed by atoms with van der Waals surface area (Å²) in [6.07, 6.45) is 3.17. The minimum atomic E-state index is -0.295. The summed E-state index contributed by atoms with van der Waals surface area (Å²) < 4.78 is 15.7. The van der Waals surface area contributed by atoms with Gasteiger partial charge in [-0.2, -0.15) is 0 Å². The van der Waals surface area contributed by atoms with Crippen LogP contribution in [-0.4, -0.2) is 26.0 Å². The largest absolute Gasteiger partial charge is 0.497 e. The number of ether oxygens (including phenoxy) is 2. The van der Waals surface area contributed by atoms with Crippen molar-refractivity contribution < 1.29 is 18.7 Å². The maximum Gasteiger partial charge on any atom is 0.275 e. The van der Waals surface area contributed by atoms with Crippen LogP contribution in [0.4, 0.5) is 0 Å². The van der Waals surface area contributed by atoms with E-state index in [1.54, 1.807) is 50.6 Å².